The highest BCUT2D eigenvalue weighted by atomic mass is 16.3. The molecule has 2 aromatic carbocycles. The second kappa shape index (κ2) is 10.0. The number of aryl methyl sites for hydroxylation is 1. The Balaban J connectivity index is 1.40. The molecule has 1 unspecified atom stereocenters. The number of hydrogen-bond acceptors (Lipinski definition) is 6. The average molecular weight is 457 g/mol. The summed E-state index contributed by atoms with van der Waals surface area (Å²) < 4.78 is 1.99. The topological polar surface area (TPSA) is 96.2 Å². The van der Waals surface area contributed by atoms with Crippen LogP contribution in [0.2, 0.25) is 0 Å². The number of anilines is 1. The van der Waals surface area contributed by atoms with Crippen LogP contribution in [0.5, 0.6) is 0 Å². The molecule has 1 aliphatic heterocycles. The quantitative estimate of drug-likeness (QED) is 0.415. The molecule has 2 aromatic heterocycles. The average Bonchev–Trinajstić information content (AvgIpc) is 3.39. The Morgan fingerprint density at radius 3 is 2.79 bits per heavy atom. The maximum absolute atomic E-state index is 12.7. The summed E-state index contributed by atoms with van der Waals surface area (Å²) in [5.41, 5.74) is 3.68. The molecule has 1 aliphatic rings. The van der Waals surface area contributed by atoms with E-state index in [2.05, 4.69) is 15.2 Å². The van der Waals surface area contributed by atoms with Crippen LogP contribution in [0.25, 0.3) is 22.3 Å². The van der Waals surface area contributed by atoms with Crippen molar-refractivity contribution in [2.24, 2.45) is 0 Å². The number of carbonyl (C=O) groups is 1. The van der Waals surface area contributed by atoms with Gasteiger partial charge < -0.3 is 19.9 Å². The predicted molar refractivity (Wildman–Crippen MR) is 132 cm³/mol. The minimum absolute atomic E-state index is 0.126. The van der Waals surface area contributed by atoms with Crippen molar-refractivity contribution in [3.63, 3.8) is 0 Å². The van der Waals surface area contributed by atoms with E-state index < -0.39 is 0 Å². The van der Waals surface area contributed by atoms with Crippen LogP contribution < -0.4 is 10.2 Å². The summed E-state index contributed by atoms with van der Waals surface area (Å²) in [7, 11) is 0. The molecule has 1 saturated heterocycles. The molecule has 34 heavy (non-hydrogen) atoms. The fourth-order valence-electron chi connectivity index (χ4n) is 4.33. The number of fused-ring (bicyclic) bond motifs is 1. The lowest BCUT2D eigenvalue weighted by Crippen LogP contribution is -2.39. The Labute approximate surface area is 198 Å². The van der Waals surface area contributed by atoms with Crippen molar-refractivity contribution in [3.8, 4) is 11.3 Å². The zero-order valence-electron chi connectivity index (χ0n) is 19.0. The molecule has 1 atom stereocenters. The molecule has 3 heterocycles. The third-order valence-corrected chi connectivity index (χ3v) is 6.09. The van der Waals surface area contributed by atoms with Crippen LogP contribution in [0.15, 0.2) is 67.3 Å². The van der Waals surface area contributed by atoms with Crippen molar-refractivity contribution in [2.45, 2.75) is 31.9 Å². The van der Waals surface area contributed by atoms with E-state index >= 15 is 0 Å². The lowest BCUT2D eigenvalue weighted by atomic mass is 10.1. The highest BCUT2D eigenvalue weighted by Crippen LogP contribution is 2.31. The molecule has 4 aromatic rings. The van der Waals surface area contributed by atoms with Crippen LogP contribution in [-0.4, -0.2) is 56.3 Å². The van der Waals surface area contributed by atoms with Crippen molar-refractivity contribution in [1.29, 1.82) is 0 Å². The maximum atomic E-state index is 12.7. The fraction of sp³-hybridized carbons (Fsp3) is 0.308. The molecular formula is C26H28N6O2. The summed E-state index contributed by atoms with van der Waals surface area (Å²) in [5, 5.41) is 13.2. The molecule has 174 valence electrons. The Morgan fingerprint density at radius 1 is 1.12 bits per heavy atom. The van der Waals surface area contributed by atoms with E-state index in [-0.39, 0.29) is 12.0 Å². The number of aromatic nitrogens is 4. The predicted octanol–water partition coefficient (Wildman–Crippen LogP) is 3.27. The van der Waals surface area contributed by atoms with E-state index in [0.29, 0.717) is 24.2 Å². The standard InChI is InChI=1S/C26H28N6O2/c33-21-8-4-14-32(17-21)25-24(19-6-2-1-3-7-19)29-23-16-20(9-10-22(23)30-25)26(34)28-11-5-13-31-15-12-27-18-31/h1-3,6-7,9-10,12,15-16,18,21,33H,4-5,8,11,13-14,17H2,(H,28,34). The van der Waals surface area contributed by atoms with Crippen LogP contribution in [0.1, 0.15) is 29.6 Å². The second-order valence-corrected chi connectivity index (χ2v) is 8.62. The number of amides is 1. The molecule has 0 bridgehead atoms. The van der Waals surface area contributed by atoms with Gasteiger partial charge >= 0.3 is 0 Å². The van der Waals surface area contributed by atoms with Crippen molar-refractivity contribution in [1.82, 2.24) is 24.8 Å². The van der Waals surface area contributed by atoms with Gasteiger partial charge in [0.15, 0.2) is 5.82 Å². The Hall–Kier alpha value is -3.78. The van der Waals surface area contributed by atoms with Gasteiger partial charge in [-0.2, -0.15) is 0 Å². The number of rotatable bonds is 7. The van der Waals surface area contributed by atoms with Gasteiger partial charge in [0.1, 0.15) is 5.69 Å². The maximum Gasteiger partial charge on any atom is 0.251 e. The number of carbonyl (C=O) groups excluding carboxylic acids is 1. The van der Waals surface area contributed by atoms with E-state index in [1.54, 1.807) is 24.7 Å². The van der Waals surface area contributed by atoms with Crippen molar-refractivity contribution < 1.29 is 9.90 Å². The molecule has 1 amide bonds. The van der Waals surface area contributed by atoms with E-state index in [9.17, 15) is 9.90 Å². The van der Waals surface area contributed by atoms with E-state index in [1.165, 1.54) is 0 Å². The number of nitrogens with zero attached hydrogens (tertiary/aromatic N) is 5. The number of nitrogens with one attached hydrogen (secondary N) is 1. The van der Waals surface area contributed by atoms with Crippen LogP contribution in [0.3, 0.4) is 0 Å². The third kappa shape index (κ3) is 4.92. The first-order chi connectivity index (χ1) is 16.7. The lowest BCUT2D eigenvalue weighted by Gasteiger charge is -2.32. The lowest BCUT2D eigenvalue weighted by molar-refractivity contribution is 0.0953. The Bertz CT molecular complexity index is 1260. The van der Waals surface area contributed by atoms with E-state index in [0.717, 1.165) is 54.9 Å². The molecule has 0 radical (unpaired) electrons. The van der Waals surface area contributed by atoms with E-state index in [4.69, 9.17) is 9.97 Å². The summed E-state index contributed by atoms with van der Waals surface area (Å²) in [6.45, 7) is 2.75. The number of imidazole rings is 1. The SMILES string of the molecule is O=C(NCCCn1ccnc1)c1ccc2nc(N3CCCC(O)C3)c(-c3ccccc3)nc2c1. The number of benzene rings is 2. The minimum Gasteiger partial charge on any atom is -0.391 e. The van der Waals surface area contributed by atoms with Crippen LogP contribution in [0.4, 0.5) is 5.82 Å². The van der Waals surface area contributed by atoms with Gasteiger partial charge in [-0.1, -0.05) is 30.3 Å². The zero-order chi connectivity index (χ0) is 23.3. The van der Waals surface area contributed by atoms with Gasteiger partial charge in [0.25, 0.3) is 5.91 Å². The molecule has 0 saturated carbocycles. The van der Waals surface area contributed by atoms with Crippen molar-refractivity contribution in [2.75, 3.05) is 24.5 Å². The fourth-order valence-corrected chi connectivity index (χ4v) is 4.33. The Kier molecular flexibility index (Phi) is 6.49. The van der Waals surface area contributed by atoms with Gasteiger partial charge in [-0.25, -0.2) is 15.0 Å². The summed E-state index contributed by atoms with van der Waals surface area (Å²) >= 11 is 0. The van der Waals surface area contributed by atoms with Gasteiger partial charge in [-0.3, -0.25) is 4.79 Å². The molecular weight excluding hydrogens is 428 g/mol. The molecule has 8 heteroatoms. The first-order valence-corrected chi connectivity index (χ1v) is 11.7. The van der Waals surface area contributed by atoms with Crippen LogP contribution in [-0.2, 0) is 6.54 Å². The first kappa shape index (κ1) is 22.0. The van der Waals surface area contributed by atoms with Crippen molar-refractivity contribution >= 4 is 22.8 Å². The Morgan fingerprint density at radius 2 is 2.00 bits per heavy atom. The van der Waals surface area contributed by atoms with Crippen LogP contribution >= 0.6 is 0 Å². The number of aliphatic hydroxyl groups is 1. The van der Waals surface area contributed by atoms with Gasteiger partial charge in [0.05, 0.1) is 23.5 Å². The summed E-state index contributed by atoms with van der Waals surface area (Å²) in [6.07, 6.45) is 7.60. The molecule has 5 rings (SSSR count). The molecule has 0 spiro atoms. The van der Waals surface area contributed by atoms with Gasteiger partial charge in [-0.05, 0) is 37.5 Å². The summed E-state index contributed by atoms with van der Waals surface area (Å²) in [6, 6.07) is 15.4. The van der Waals surface area contributed by atoms with Gasteiger partial charge in [0, 0.05) is 49.7 Å². The normalized spacial score (nSPS) is 16.0. The molecule has 1 fully saturated rings. The number of β-amino-alcohol motifs (C(OH)–C–C–N with tert-alkyl or cyclic N) is 1. The number of hydrogen-bond donors (Lipinski definition) is 2. The summed E-state index contributed by atoms with van der Waals surface area (Å²) in [5.74, 6) is 0.646. The zero-order valence-corrected chi connectivity index (χ0v) is 19.0. The van der Waals surface area contributed by atoms with Gasteiger partial charge in [0.2, 0.25) is 0 Å². The number of aliphatic hydroxyl groups excluding tert-OH is 1. The molecule has 8 nitrogen and oxygen atoms in total. The molecule has 2 N–H and O–H groups in total. The third-order valence-electron chi connectivity index (χ3n) is 6.09. The van der Waals surface area contributed by atoms with Crippen LogP contribution in [0, 0.1) is 0 Å². The highest BCUT2D eigenvalue weighted by Gasteiger charge is 2.23. The minimum atomic E-state index is -0.366. The smallest absolute Gasteiger partial charge is 0.251 e. The molecule has 0 aliphatic carbocycles. The number of piperidine rings is 1. The largest absolute Gasteiger partial charge is 0.391 e. The second-order valence-electron chi connectivity index (χ2n) is 8.62. The highest BCUT2D eigenvalue weighted by molar-refractivity contribution is 5.97. The summed E-state index contributed by atoms with van der Waals surface area (Å²) in [4.78, 5) is 28.8. The van der Waals surface area contributed by atoms with Gasteiger partial charge in [-0.15, -0.1) is 0 Å². The van der Waals surface area contributed by atoms with E-state index in [1.807, 2.05) is 47.2 Å². The first-order valence-electron chi connectivity index (χ1n) is 11.7. The monoisotopic (exact) mass is 456 g/mol. The van der Waals surface area contributed by atoms with Crippen molar-refractivity contribution in [3.05, 3.63) is 72.8 Å².